The number of nitrogens with two attached hydrogens (primary N) is 2. The van der Waals surface area contributed by atoms with Crippen molar-refractivity contribution < 1.29 is 0 Å². The van der Waals surface area contributed by atoms with Crippen LogP contribution in [0, 0.1) is 24.7 Å². The van der Waals surface area contributed by atoms with E-state index in [9.17, 15) is 0 Å². The molecule has 5 N–H and O–H groups in total. The van der Waals surface area contributed by atoms with Gasteiger partial charge in [0.2, 0.25) is 0 Å². The SMILES string of the molecule is Cc1cnc(N)c(C(NN)C2CC3CCC2C3)c1. The van der Waals surface area contributed by atoms with Gasteiger partial charge in [-0.2, -0.15) is 0 Å². The van der Waals surface area contributed by atoms with E-state index in [1.165, 1.54) is 25.7 Å². The normalized spacial score (nSPS) is 31.8. The minimum absolute atomic E-state index is 0.160. The fourth-order valence-electron chi connectivity index (χ4n) is 4.00. The van der Waals surface area contributed by atoms with Gasteiger partial charge < -0.3 is 5.73 Å². The van der Waals surface area contributed by atoms with Crippen molar-refractivity contribution >= 4 is 5.82 Å². The molecule has 4 nitrogen and oxygen atoms in total. The molecular formula is C14H22N4. The molecule has 1 aromatic rings. The van der Waals surface area contributed by atoms with E-state index in [-0.39, 0.29) is 6.04 Å². The summed E-state index contributed by atoms with van der Waals surface area (Å²) < 4.78 is 0. The van der Waals surface area contributed by atoms with Gasteiger partial charge in [-0.15, -0.1) is 0 Å². The number of rotatable bonds is 3. The molecule has 0 amide bonds. The lowest BCUT2D eigenvalue weighted by atomic mass is 9.80. The van der Waals surface area contributed by atoms with Crippen LogP contribution in [0.25, 0.3) is 0 Å². The number of aryl methyl sites for hydroxylation is 1. The third kappa shape index (κ3) is 1.89. The Morgan fingerprint density at radius 2 is 2.22 bits per heavy atom. The van der Waals surface area contributed by atoms with Crippen LogP contribution in [0.5, 0.6) is 0 Å². The molecule has 2 bridgehead atoms. The van der Waals surface area contributed by atoms with Gasteiger partial charge in [0.05, 0.1) is 6.04 Å². The molecule has 4 unspecified atom stereocenters. The molecule has 0 spiro atoms. The Morgan fingerprint density at radius 1 is 1.39 bits per heavy atom. The third-order valence-corrected chi connectivity index (χ3v) is 4.82. The molecule has 0 aromatic carbocycles. The second-order valence-corrected chi connectivity index (χ2v) is 5.97. The molecular weight excluding hydrogens is 224 g/mol. The molecule has 2 fully saturated rings. The average Bonchev–Trinajstić information content (AvgIpc) is 2.97. The van der Waals surface area contributed by atoms with Crippen molar-refractivity contribution in [1.82, 2.24) is 10.4 Å². The predicted molar refractivity (Wildman–Crippen MR) is 72.4 cm³/mol. The molecule has 0 aliphatic heterocycles. The Kier molecular flexibility index (Phi) is 2.99. The van der Waals surface area contributed by atoms with Crippen LogP contribution in [0.4, 0.5) is 5.82 Å². The summed E-state index contributed by atoms with van der Waals surface area (Å²) in [6.45, 7) is 2.05. The highest BCUT2D eigenvalue weighted by atomic mass is 15.2. The topological polar surface area (TPSA) is 77.0 Å². The van der Waals surface area contributed by atoms with Crippen LogP contribution in [-0.2, 0) is 0 Å². The number of hydrogen-bond donors (Lipinski definition) is 3. The number of fused-ring (bicyclic) bond motifs is 2. The summed E-state index contributed by atoms with van der Waals surface area (Å²) in [7, 11) is 0. The molecule has 18 heavy (non-hydrogen) atoms. The number of nitrogens with zero attached hydrogens (tertiary/aromatic N) is 1. The van der Waals surface area contributed by atoms with Gasteiger partial charge in [-0.25, -0.2) is 4.98 Å². The number of anilines is 1. The summed E-state index contributed by atoms with van der Waals surface area (Å²) in [5.41, 5.74) is 11.2. The fourth-order valence-corrected chi connectivity index (χ4v) is 4.00. The Morgan fingerprint density at radius 3 is 2.83 bits per heavy atom. The molecule has 4 heteroatoms. The maximum atomic E-state index is 6.02. The van der Waals surface area contributed by atoms with Crippen molar-refractivity contribution in [1.29, 1.82) is 0 Å². The van der Waals surface area contributed by atoms with Crippen LogP contribution in [0.2, 0.25) is 0 Å². The van der Waals surface area contributed by atoms with Crippen molar-refractivity contribution in [3.05, 3.63) is 23.4 Å². The van der Waals surface area contributed by atoms with E-state index < -0.39 is 0 Å². The zero-order valence-electron chi connectivity index (χ0n) is 10.9. The molecule has 0 radical (unpaired) electrons. The summed E-state index contributed by atoms with van der Waals surface area (Å²) in [6.07, 6.45) is 7.23. The zero-order valence-corrected chi connectivity index (χ0v) is 10.9. The standard InChI is InChI=1S/C14H22N4/c1-8-4-12(14(15)17-7-8)13(18-16)11-6-9-2-3-10(11)5-9/h4,7,9-11,13,18H,2-3,5-6,16H2,1H3,(H2,15,17). The highest BCUT2D eigenvalue weighted by Gasteiger charge is 2.43. The lowest BCUT2D eigenvalue weighted by molar-refractivity contribution is 0.252. The first-order valence-electron chi connectivity index (χ1n) is 6.87. The lowest BCUT2D eigenvalue weighted by Gasteiger charge is -2.30. The molecule has 0 saturated heterocycles. The van der Waals surface area contributed by atoms with Gasteiger partial charge in [0.1, 0.15) is 5.82 Å². The van der Waals surface area contributed by atoms with E-state index in [1.807, 2.05) is 13.1 Å². The van der Waals surface area contributed by atoms with Crippen molar-refractivity contribution in [3.63, 3.8) is 0 Å². The van der Waals surface area contributed by atoms with Crippen LogP contribution in [0.3, 0.4) is 0 Å². The van der Waals surface area contributed by atoms with E-state index in [0.717, 1.165) is 23.0 Å². The van der Waals surface area contributed by atoms with Gasteiger partial charge in [-0.05, 0) is 55.6 Å². The molecule has 1 heterocycles. The van der Waals surface area contributed by atoms with Gasteiger partial charge in [-0.1, -0.05) is 6.42 Å². The lowest BCUT2D eigenvalue weighted by Crippen LogP contribution is -2.36. The van der Waals surface area contributed by atoms with Crippen molar-refractivity contribution in [2.45, 2.75) is 38.6 Å². The van der Waals surface area contributed by atoms with E-state index in [4.69, 9.17) is 11.6 Å². The number of nitrogen functional groups attached to an aromatic ring is 1. The Bertz CT molecular complexity index is 445. The van der Waals surface area contributed by atoms with Crippen molar-refractivity contribution in [2.24, 2.45) is 23.6 Å². The fraction of sp³-hybridized carbons (Fsp3) is 0.643. The monoisotopic (exact) mass is 246 g/mol. The molecule has 3 rings (SSSR count). The summed E-state index contributed by atoms with van der Waals surface area (Å²) in [5, 5.41) is 0. The zero-order chi connectivity index (χ0) is 12.7. The largest absolute Gasteiger partial charge is 0.383 e. The van der Waals surface area contributed by atoms with Gasteiger partial charge in [0, 0.05) is 11.8 Å². The summed E-state index contributed by atoms with van der Waals surface area (Å²) in [5.74, 6) is 8.77. The van der Waals surface area contributed by atoms with E-state index in [1.54, 1.807) is 0 Å². The van der Waals surface area contributed by atoms with Crippen LogP contribution in [-0.4, -0.2) is 4.98 Å². The van der Waals surface area contributed by atoms with Gasteiger partial charge in [-0.3, -0.25) is 11.3 Å². The highest BCUT2D eigenvalue weighted by molar-refractivity contribution is 5.43. The number of aromatic nitrogens is 1. The Labute approximate surface area is 108 Å². The molecule has 4 atom stereocenters. The van der Waals surface area contributed by atoms with Crippen LogP contribution < -0.4 is 17.0 Å². The predicted octanol–water partition coefficient (Wildman–Crippen LogP) is 1.91. The number of hydrazine groups is 1. The van der Waals surface area contributed by atoms with E-state index in [2.05, 4.69) is 16.5 Å². The molecule has 2 saturated carbocycles. The van der Waals surface area contributed by atoms with Gasteiger partial charge >= 0.3 is 0 Å². The number of nitrogens with one attached hydrogen (secondary N) is 1. The second kappa shape index (κ2) is 4.52. The summed E-state index contributed by atoms with van der Waals surface area (Å²) in [6, 6.07) is 2.28. The van der Waals surface area contributed by atoms with Crippen molar-refractivity contribution in [3.8, 4) is 0 Å². The minimum Gasteiger partial charge on any atom is -0.383 e. The molecule has 98 valence electrons. The third-order valence-electron chi connectivity index (χ3n) is 4.82. The summed E-state index contributed by atoms with van der Waals surface area (Å²) in [4.78, 5) is 4.26. The first kappa shape index (κ1) is 11.9. The average molecular weight is 246 g/mol. The van der Waals surface area contributed by atoms with Crippen LogP contribution >= 0.6 is 0 Å². The van der Waals surface area contributed by atoms with Gasteiger partial charge in [0.15, 0.2) is 0 Å². The first-order chi connectivity index (χ1) is 8.69. The highest BCUT2D eigenvalue weighted by Crippen LogP contribution is 2.52. The quantitative estimate of drug-likeness (QED) is 0.562. The Balaban J connectivity index is 1.90. The molecule has 1 aromatic heterocycles. The maximum absolute atomic E-state index is 6.02. The van der Waals surface area contributed by atoms with Gasteiger partial charge in [0.25, 0.3) is 0 Å². The Hall–Kier alpha value is -1.13. The number of hydrogen-bond acceptors (Lipinski definition) is 4. The van der Waals surface area contributed by atoms with Crippen molar-refractivity contribution in [2.75, 3.05) is 5.73 Å². The van der Waals surface area contributed by atoms with E-state index >= 15 is 0 Å². The second-order valence-electron chi connectivity index (χ2n) is 5.97. The van der Waals surface area contributed by atoms with Crippen LogP contribution in [0.15, 0.2) is 12.3 Å². The number of pyridine rings is 1. The smallest absolute Gasteiger partial charge is 0.128 e. The molecule has 2 aliphatic carbocycles. The van der Waals surface area contributed by atoms with E-state index in [0.29, 0.717) is 11.7 Å². The first-order valence-corrected chi connectivity index (χ1v) is 6.87. The van der Waals surface area contributed by atoms with Crippen LogP contribution in [0.1, 0.15) is 42.9 Å². The summed E-state index contributed by atoms with van der Waals surface area (Å²) >= 11 is 0. The molecule has 2 aliphatic rings. The minimum atomic E-state index is 0.160. The maximum Gasteiger partial charge on any atom is 0.128 e.